The summed E-state index contributed by atoms with van der Waals surface area (Å²) in [6.45, 7) is 6.73. The number of nitrogens with one attached hydrogen (secondary N) is 1. The van der Waals surface area contributed by atoms with Crippen molar-refractivity contribution in [1.29, 1.82) is 0 Å². The van der Waals surface area contributed by atoms with Gasteiger partial charge in [-0.25, -0.2) is 4.39 Å². The maximum Gasteiger partial charge on any atom is 0.248 e. The van der Waals surface area contributed by atoms with Gasteiger partial charge in [-0.05, 0) is 74.4 Å². The van der Waals surface area contributed by atoms with Gasteiger partial charge in [0.1, 0.15) is 22.9 Å². The molecular formula is C28H26FNO4. The summed E-state index contributed by atoms with van der Waals surface area (Å²) in [6.07, 6.45) is 3.19. The third-order valence-corrected chi connectivity index (χ3v) is 5.34. The van der Waals surface area contributed by atoms with Crippen molar-refractivity contribution in [2.45, 2.75) is 20.8 Å². The van der Waals surface area contributed by atoms with Crippen LogP contribution >= 0.6 is 0 Å². The van der Waals surface area contributed by atoms with Gasteiger partial charge in [-0.2, -0.15) is 0 Å². The molecule has 0 aliphatic heterocycles. The van der Waals surface area contributed by atoms with Crippen molar-refractivity contribution >= 4 is 28.1 Å². The molecule has 0 unspecified atom stereocenters. The fraction of sp³-hybridized carbons (Fsp3) is 0.179. The van der Waals surface area contributed by atoms with E-state index < -0.39 is 0 Å². The summed E-state index contributed by atoms with van der Waals surface area (Å²) in [5, 5.41) is 3.72. The van der Waals surface area contributed by atoms with Crippen LogP contribution in [-0.4, -0.2) is 19.1 Å². The molecule has 1 aromatic heterocycles. The number of halogens is 1. The highest BCUT2D eigenvalue weighted by atomic mass is 19.1. The average molecular weight is 460 g/mol. The first-order chi connectivity index (χ1) is 16.5. The molecule has 0 saturated heterocycles. The Labute approximate surface area is 197 Å². The van der Waals surface area contributed by atoms with E-state index in [9.17, 15) is 9.18 Å². The molecule has 4 rings (SSSR count). The normalized spacial score (nSPS) is 11.5. The molecule has 0 bridgehead atoms. The molecule has 0 aliphatic carbocycles. The molecule has 0 radical (unpaired) electrons. The lowest BCUT2D eigenvalue weighted by atomic mass is 9.99. The van der Waals surface area contributed by atoms with Crippen LogP contribution in [0.4, 0.5) is 10.1 Å². The van der Waals surface area contributed by atoms with Gasteiger partial charge >= 0.3 is 0 Å². The SMILES string of the molecule is CCOc1ccc(NC(=O)/C=C(\C)c2cc3c(-c4ccc(F)cc4)coc3cc2OCC)cc1. The van der Waals surface area contributed by atoms with Crippen LogP contribution in [0.15, 0.2) is 77.4 Å². The molecule has 5 nitrogen and oxygen atoms in total. The van der Waals surface area contributed by atoms with E-state index in [2.05, 4.69) is 5.32 Å². The average Bonchev–Trinajstić information content (AvgIpc) is 3.23. The first kappa shape index (κ1) is 23.1. The number of hydrogen-bond acceptors (Lipinski definition) is 4. The number of furan rings is 1. The zero-order valence-corrected chi connectivity index (χ0v) is 19.4. The maximum absolute atomic E-state index is 13.4. The molecule has 3 aromatic carbocycles. The Morgan fingerprint density at radius 1 is 1.00 bits per heavy atom. The molecule has 1 N–H and O–H groups in total. The van der Waals surface area contributed by atoms with Crippen molar-refractivity contribution in [1.82, 2.24) is 0 Å². The van der Waals surface area contributed by atoms with Crippen molar-refractivity contribution in [3.8, 4) is 22.6 Å². The number of ether oxygens (including phenoxy) is 2. The fourth-order valence-electron chi connectivity index (χ4n) is 3.75. The molecule has 1 amide bonds. The van der Waals surface area contributed by atoms with Crippen LogP contribution in [0.3, 0.4) is 0 Å². The highest BCUT2D eigenvalue weighted by molar-refractivity contribution is 6.05. The van der Waals surface area contributed by atoms with E-state index in [0.717, 1.165) is 33.4 Å². The Balaban J connectivity index is 1.65. The minimum Gasteiger partial charge on any atom is -0.494 e. The number of fused-ring (bicyclic) bond motifs is 1. The van der Waals surface area contributed by atoms with E-state index in [0.29, 0.717) is 30.2 Å². The lowest BCUT2D eigenvalue weighted by molar-refractivity contribution is -0.111. The number of allylic oxidation sites excluding steroid dienone is 1. The van der Waals surface area contributed by atoms with E-state index in [1.54, 1.807) is 30.5 Å². The number of hydrogen-bond donors (Lipinski definition) is 1. The van der Waals surface area contributed by atoms with Gasteiger partial charge in [0.05, 0.1) is 19.5 Å². The lowest BCUT2D eigenvalue weighted by Crippen LogP contribution is -2.08. The molecule has 6 heteroatoms. The number of benzene rings is 3. The molecule has 0 spiro atoms. The molecule has 4 aromatic rings. The van der Waals surface area contributed by atoms with E-state index in [-0.39, 0.29) is 11.7 Å². The lowest BCUT2D eigenvalue weighted by Gasteiger charge is -2.12. The van der Waals surface area contributed by atoms with Crippen LogP contribution in [-0.2, 0) is 4.79 Å². The van der Waals surface area contributed by atoms with Crippen molar-refractivity contribution in [2.75, 3.05) is 18.5 Å². The van der Waals surface area contributed by atoms with Crippen molar-refractivity contribution < 1.29 is 23.1 Å². The predicted molar refractivity (Wildman–Crippen MR) is 133 cm³/mol. The summed E-state index contributed by atoms with van der Waals surface area (Å²) < 4.78 is 30.4. The molecule has 0 fully saturated rings. The molecule has 174 valence electrons. The minimum absolute atomic E-state index is 0.254. The first-order valence-corrected chi connectivity index (χ1v) is 11.1. The second-order valence-electron chi connectivity index (χ2n) is 7.71. The number of carbonyl (C=O) groups excluding carboxylic acids is 1. The van der Waals surface area contributed by atoms with E-state index >= 15 is 0 Å². The Kier molecular flexibility index (Phi) is 6.97. The van der Waals surface area contributed by atoms with Gasteiger partial charge in [0.25, 0.3) is 0 Å². The molecule has 34 heavy (non-hydrogen) atoms. The molecular weight excluding hydrogens is 433 g/mol. The summed E-state index contributed by atoms with van der Waals surface area (Å²) in [6, 6.07) is 17.2. The van der Waals surface area contributed by atoms with Crippen molar-refractivity contribution in [2.24, 2.45) is 0 Å². The predicted octanol–water partition coefficient (Wildman–Crippen LogP) is 7.08. The van der Waals surface area contributed by atoms with Crippen LogP contribution in [0.25, 0.3) is 27.7 Å². The minimum atomic E-state index is -0.298. The van der Waals surface area contributed by atoms with Gasteiger partial charge in [0.15, 0.2) is 0 Å². The Morgan fingerprint density at radius 2 is 1.71 bits per heavy atom. The van der Waals surface area contributed by atoms with Crippen LogP contribution in [0.5, 0.6) is 11.5 Å². The van der Waals surface area contributed by atoms with Crippen LogP contribution in [0, 0.1) is 5.82 Å². The Bertz CT molecular complexity index is 1320. The zero-order chi connectivity index (χ0) is 24.1. The van der Waals surface area contributed by atoms with Gasteiger partial charge < -0.3 is 19.2 Å². The van der Waals surface area contributed by atoms with Gasteiger partial charge in [-0.15, -0.1) is 0 Å². The molecule has 1 heterocycles. The van der Waals surface area contributed by atoms with Crippen molar-refractivity contribution in [3.05, 3.63) is 84.4 Å². The summed E-state index contributed by atoms with van der Waals surface area (Å²) in [7, 11) is 0. The number of rotatable bonds is 8. The van der Waals surface area contributed by atoms with Gasteiger partial charge in [-0.3, -0.25) is 4.79 Å². The van der Waals surface area contributed by atoms with Gasteiger partial charge in [-0.1, -0.05) is 12.1 Å². The third kappa shape index (κ3) is 5.12. The van der Waals surface area contributed by atoms with E-state index in [4.69, 9.17) is 13.9 Å². The van der Waals surface area contributed by atoms with Crippen LogP contribution < -0.4 is 14.8 Å². The van der Waals surface area contributed by atoms with Crippen LogP contribution in [0.1, 0.15) is 26.3 Å². The second kappa shape index (κ2) is 10.3. The zero-order valence-electron chi connectivity index (χ0n) is 19.4. The topological polar surface area (TPSA) is 60.7 Å². The second-order valence-corrected chi connectivity index (χ2v) is 7.71. The third-order valence-electron chi connectivity index (χ3n) is 5.34. The molecule has 0 aliphatic rings. The fourth-order valence-corrected chi connectivity index (χ4v) is 3.75. The van der Waals surface area contributed by atoms with Crippen molar-refractivity contribution in [3.63, 3.8) is 0 Å². The monoisotopic (exact) mass is 459 g/mol. The number of anilines is 1. The Morgan fingerprint density at radius 3 is 2.38 bits per heavy atom. The molecule has 0 saturated carbocycles. The highest BCUT2D eigenvalue weighted by Gasteiger charge is 2.15. The summed E-state index contributed by atoms with van der Waals surface area (Å²) in [5.74, 6) is 0.819. The van der Waals surface area contributed by atoms with E-state index in [1.807, 2.05) is 45.0 Å². The largest absolute Gasteiger partial charge is 0.494 e. The number of amides is 1. The first-order valence-electron chi connectivity index (χ1n) is 11.1. The highest BCUT2D eigenvalue weighted by Crippen LogP contribution is 2.37. The smallest absolute Gasteiger partial charge is 0.248 e. The maximum atomic E-state index is 13.4. The van der Waals surface area contributed by atoms with Crippen LogP contribution in [0.2, 0.25) is 0 Å². The number of carbonyl (C=O) groups is 1. The van der Waals surface area contributed by atoms with E-state index in [1.165, 1.54) is 18.2 Å². The quantitative estimate of drug-likeness (QED) is 0.286. The standard InChI is InChI=1S/C28H26FNO4/c1-4-32-22-12-10-21(11-13-22)30-28(31)14-18(3)23-15-24-25(19-6-8-20(29)9-7-19)17-34-27(24)16-26(23)33-5-2/h6-17H,4-5H2,1-3H3,(H,30,31)/b18-14+. The summed E-state index contributed by atoms with van der Waals surface area (Å²) in [5.41, 5.74) is 4.52. The van der Waals surface area contributed by atoms with Gasteiger partial charge in [0, 0.05) is 34.3 Å². The summed E-state index contributed by atoms with van der Waals surface area (Å²) in [4.78, 5) is 12.7. The summed E-state index contributed by atoms with van der Waals surface area (Å²) >= 11 is 0. The molecule has 0 atom stereocenters. The Hall–Kier alpha value is -4.06. The van der Waals surface area contributed by atoms with Gasteiger partial charge in [0.2, 0.25) is 5.91 Å².